The van der Waals surface area contributed by atoms with Crippen LogP contribution in [0.25, 0.3) is 0 Å². The Labute approximate surface area is 106 Å². The number of nitrogens with one attached hydrogen (secondary N) is 1. The first kappa shape index (κ1) is 12.5. The molecule has 0 aliphatic rings. The first-order valence-corrected chi connectivity index (χ1v) is 5.90. The molecule has 2 aromatic rings. The van der Waals surface area contributed by atoms with E-state index in [2.05, 4.69) is 15.6 Å². The molecule has 0 fully saturated rings. The SMILES string of the molecule is Cc1nn(C)c(NC(C)c2c(C)noc2C)c1N. The van der Waals surface area contributed by atoms with Gasteiger partial charge in [0.25, 0.3) is 0 Å². The van der Waals surface area contributed by atoms with Crippen LogP contribution >= 0.6 is 0 Å². The molecule has 2 heterocycles. The van der Waals surface area contributed by atoms with Crippen LogP contribution in [0.1, 0.15) is 35.7 Å². The fourth-order valence-corrected chi connectivity index (χ4v) is 2.23. The van der Waals surface area contributed by atoms with Crippen molar-refractivity contribution in [1.29, 1.82) is 0 Å². The number of nitrogens with zero attached hydrogens (tertiary/aromatic N) is 3. The van der Waals surface area contributed by atoms with Crippen molar-refractivity contribution in [3.05, 3.63) is 22.7 Å². The Bertz CT molecular complexity index is 550. The van der Waals surface area contributed by atoms with E-state index in [0.717, 1.165) is 28.5 Å². The Balaban J connectivity index is 2.29. The zero-order chi connectivity index (χ0) is 13.4. The van der Waals surface area contributed by atoms with Gasteiger partial charge in [-0.05, 0) is 27.7 Å². The molecule has 0 saturated heterocycles. The summed E-state index contributed by atoms with van der Waals surface area (Å²) in [5, 5.41) is 11.6. The van der Waals surface area contributed by atoms with Crippen LogP contribution in [0, 0.1) is 20.8 Å². The monoisotopic (exact) mass is 249 g/mol. The highest BCUT2D eigenvalue weighted by molar-refractivity contribution is 5.65. The van der Waals surface area contributed by atoms with Crippen molar-refractivity contribution in [3.8, 4) is 0 Å². The third-order valence-electron chi connectivity index (χ3n) is 3.14. The summed E-state index contributed by atoms with van der Waals surface area (Å²) < 4.78 is 6.93. The van der Waals surface area contributed by atoms with Crippen LogP contribution in [0.15, 0.2) is 4.52 Å². The second-order valence-electron chi connectivity index (χ2n) is 4.58. The Hall–Kier alpha value is -1.98. The molecule has 1 unspecified atom stereocenters. The van der Waals surface area contributed by atoms with E-state index in [1.807, 2.05) is 34.7 Å². The zero-order valence-electron chi connectivity index (χ0n) is 11.4. The maximum absolute atomic E-state index is 6.00. The van der Waals surface area contributed by atoms with Gasteiger partial charge < -0.3 is 15.6 Å². The molecule has 0 bridgehead atoms. The standard InChI is InChI=1S/C12H19N5O/c1-6(10-7(2)16-18-9(10)4)14-12-11(13)8(3)15-17(12)5/h6,14H,13H2,1-5H3. The Morgan fingerprint density at radius 3 is 2.39 bits per heavy atom. The summed E-state index contributed by atoms with van der Waals surface area (Å²) in [5.41, 5.74) is 9.45. The van der Waals surface area contributed by atoms with Crippen molar-refractivity contribution in [3.63, 3.8) is 0 Å². The van der Waals surface area contributed by atoms with Crippen LogP contribution in [0.5, 0.6) is 0 Å². The number of rotatable bonds is 3. The summed E-state index contributed by atoms with van der Waals surface area (Å²) in [7, 11) is 1.87. The second-order valence-corrected chi connectivity index (χ2v) is 4.58. The molecule has 0 amide bonds. The first-order chi connectivity index (χ1) is 8.41. The Kier molecular flexibility index (Phi) is 3.02. The molecule has 0 saturated carbocycles. The molecule has 6 nitrogen and oxygen atoms in total. The lowest BCUT2D eigenvalue weighted by atomic mass is 10.1. The first-order valence-electron chi connectivity index (χ1n) is 5.90. The van der Waals surface area contributed by atoms with Crippen LogP contribution < -0.4 is 11.1 Å². The number of hydrogen-bond acceptors (Lipinski definition) is 5. The van der Waals surface area contributed by atoms with Crippen molar-refractivity contribution < 1.29 is 4.52 Å². The van der Waals surface area contributed by atoms with Crippen LogP contribution in [0.4, 0.5) is 11.5 Å². The minimum atomic E-state index is 0.0633. The molecule has 98 valence electrons. The van der Waals surface area contributed by atoms with Gasteiger partial charge in [0.15, 0.2) is 0 Å². The lowest BCUT2D eigenvalue weighted by molar-refractivity contribution is 0.392. The van der Waals surface area contributed by atoms with E-state index >= 15 is 0 Å². The lowest BCUT2D eigenvalue weighted by Crippen LogP contribution is -2.12. The molecule has 2 rings (SSSR count). The molecule has 6 heteroatoms. The summed E-state index contributed by atoms with van der Waals surface area (Å²) in [6, 6.07) is 0.0633. The number of hydrogen-bond donors (Lipinski definition) is 2. The average Bonchev–Trinajstić information content (AvgIpc) is 2.74. The number of nitrogen functional groups attached to an aromatic ring is 1. The minimum Gasteiger partial charge on any atom is -0.394 e. The number of aryl methyl sites for hydroxylation is 4. The van der Waals surface area contributed by atoms with E-state index in [1.54, 1.807) is 4.68 Å². The summed E-state index contributed by atoms with van der Waals surface area (Å²) >= 11 is 0. The summed E-state index contributed by atoms with van der Waals surface area (Å²) in [4.78, 5) is 0. The van der Waals surface area contributed by atoms with Gasteiger partial charge in [0.2, 0.25) is 0 Å². The summed E-state index contributed by atoms with van der Waals surface area (Å²) in [6.45, 7) is 7.78. The predicted octanol–water partition coefficient (Wildman–Crippen LogP) is 2.09. The smallest absolute Gasteiger partial charge is 0.148 e. The van der Waals surface area contributed by atoms with Crippen molar-refractivity contribution in [2.75, 3.05) is 11.1 Å². The molecule has 2 aromatic heterocycles. The molecule has 0 spiro atoms. The molecular weight excluding hydrogens is 230 g/mol. The molecule has 3 N–H and O–H groups in total. The normalized spacial score (nSPS) is 12.7. The highest BCUT2D eigenvalue weighted by atomic mass is 16.5. The molecular formula is C12H19N5O. The van der Waals surface area contributed by atoms with Crippen LogP contribution in [-0.4, -0.2) is 14.9 Å². The van der Waals surface area contributed by atoms with Crippen LogP contribution in [0.2, 0.25) is 0 Å². The minimum absolute atomic E-state index is 0.0633. The third-order valence-corrected chi connectivity index (χ3v) is 3.14. The molecule has 18 heavy (non-hydrogen) atoms. The number of nitrogens with two attached hydrogens (primary N) is 1. The highest BCUT2D eigenvalue weighted by Gasteiger charge is 2.19. The lowest BCUT2D eigenvalue weighted by Gasteiger charge is -2.15. The average molecular weight is 249 g/mol. The van der Waals surface area contributed by atoms with Crippen molar-refractivity contribution >= 4 is 11.5 Å². The van der Waals surface area contributed by atoms with Gasteiger partial charge >= 0.3 is 0 Å². The van der Waals surface area contributed by atoms with E-state index in [9.17, 15) is 0 Å². The Morgan fingerprint density at radius 2 is 1.94 bits per heavy atom. The van der Waals surface area contributed by atoms with Gasteiger partial charge in [-0.1, -0.05) is 5.16 Å². The van der Waals surface area contributed by atoms with Crippen molar-refractivity contribution in [2.45, 2.75) is 33.7 Å². The van der Waals surface area contributed by atoms with E-state index in [-0.39, 0.29) is 6.04 Å². The van der Waals surface area contributed by atoms with Gasteiger partial charge in [0.05, 0.1) is 23.1 Å². The quantitative estimate of drug-likeness (QED) is 0.870. The molecule has 0 aromatic carbocycles. The van der Waals surface area contributed by atoms with Gasteiger partial charge in [-0.15, -0.1) is 0 Å². The van der Waals surface area contributed by atoms with Gasteiger partial charge in [0.1, 0.15) is 11.6 Å². The van der Waals surface area contributed by atoms with Gasteiger partial charge in [-0.25, -0.2) is 0 Å². The van der Waals surface area contributed by atoms with Crippen molar-refractivity contribution in [2.24, 2.45) is 7.05 Å². The van der Waals surface area contributed by atoms with Crippen molar-refractivity contribution in [1.82, 2.24) is 14.9 Å². The molecule has 1 atom stereocenters. The van der Waals surface area contributed by atoms with Gasteiger partial charge in [0, 0.05) is 12.6 Å². The maximum atomic E-state index is 6.00. The topological polar surface area (TPSA) is 81.9 Å². The summed E-state index contributed by atoms with van der Waals surface area (Å²) in [5.74, 6) is 1.64. The molecule has 0 radical (unpaired) electrons. The number of aromatic nitrogens is 3. The molecule has 0 aliphatic heterocycles. The summed E-state index contributed by atoms with van der Waals surface area (Å²) in [6.07, 6.45) is 0. The number of anilines is 2. The van der Waals surface area contributed by atoms with Crippen LogP contribution in [-0.2, 0) is 7.05 Å². The largest absolute Gasteiger partial charge is 0.394 e. The maximum Gasteiger partial charge on any atom is 0.148 e. The second kappa shape index (κ2) is 4.36. The fourth-order valence-electron chi connectivity index (χ4n) is 2.23. The molecule has 0 aliphatic carbocycles. The van der Waals surface area contributed by atoms with Crippen LogP contribution in [0.3, 0.4) is 0 Å². The third kappa shape index (κ3) is 1.94. The fraction of sp³-hybridized carbons (Fsp3) is 0.500. The van der Waals surface area contributed by atoms with E-state index in [0.29, 0.717) is 5.69 Å². The highest BCUT2D eigenvalue weighted by Crippen LogP contribution is 2.28. The Morgan fingerprint density at radius 1 is 1.28 bits per heavy atom. The van der Waals surface area contributed by atoms with Gasteiger partial charge in [-0.2, -0.15) is 5.10 Å². The van der Waals surface area contributed by atoms with E-state index in [1.165, 1.54) is 0 Å². The zero-order valence-corrected chi connectivity index (χ0v) is 11.4. The van der Waals surface area contributed by atoms with Gasteiger partial charge in [-0.3, -0.25) is 4.68 Å². The predicted molar refractivity (Wildman–Crippen MR) is 70.4 cm³/mol. The van der Waals surface area contributed by atoms with E-state index < -0.39 is 0 Å². The van der Waals surface area contributed by atoms with E-state index in [4.69, 9.17) is 10.3 Å².